The average molecular weight is 391 g/mol. The van der Waals surface area contributed by atoms with Gasteiger partial charge in [0.25, 0.3) is 5.91 Å². The number of benzene rings is 1. The summed E-state index contributed by atoms with van der Waals surface area (Å²) in [5, 5.41) is 2.16. The van der Waals surface area contributed by atoms with Crippen molar-refractivity contribution in [2.24, 2.45) is 0 Å². The van der Waals surface area contributed by atoms with Crippen molar-refractivity contribution >= 4 is 11.9 Å². The summed E-state index contributed by atoms with van der Waals surface area (Å²) in [6, 6.07) is 0.425. The first kappa shape index (κ1) is 22.9. The molecule has 1 aromatic rings. The number of alkyl halides is 3. The lowest BCUT2D eigenvalue weighted by molar-refractivity contribution is -0.145. The van der Waals surface area contributed by atoms with Crippen LogP contribution >= 0.6 is 0 Å². The van der Waals surface area contributed by atoms with Crippen LogP contribution in [0.15, 0.2) is 18.2 Å². The average Bonchev–Trinajstić information content (AvgIpc) is 2.59. The van der Waals surface area contributed by atoms with Crippen molar-refractivity contribution in [2.75, 3.05) is 6.61 Å². The summed E-state index contributed by atoms with van der Waals surface area (Å²) >= 11 is 0. The summed E-state index contributed by atoms with van der Waals surface area (Å²) in [5.41, 5.74) is -1.92. The Kier molecular flexibility index (Phi) is 9.25. The Morgan fingerprint density at radius 2 is 1.74 bits per heavy atom. The lowest BCUT2D eigenvalue weighted by Crippen LogP contribution is -2.40. The number of hydrogen-bond acceptors (Lipinski definition) is 3. The third-order valence-electron chi connectivity index (χ3n) is 3.98. The molecule has 0 bridgehead atoms. The van der Waals surface area contributed by atoms with Crippen LogP contribution in [-0.2, 0) is 15.7 Å². The van der Waals surface area contributed by atoms with E-state index in [1.807, 2.05) is 0 Å². The molecule has 152 valence electrons. The van der Waals surface area contributed by atoms with Crippen LogP contribution in [0.5, 0.6) is 0 Å². The molecule has 0 saturated carbocycles. The second-order valence-electron chi connectivity index (χ2n) is 6.32. The highest BCUT2D eigenvalue weighted by Gasteiger charge is 2.32. The number of nitrogens with one attached hydrogen (secondary N) is 1. The van der Waals surface area contributed by atoms with Crippen LogP contribution in [0.4, 0.5) is 17.6 Å². The second kappa shape index (κ2) is 10.9. The van der Waals surface area contributed by atoms with Gasteiger partial charge in [-0.15, -0.1) is 0 Å². The standard InChI is InChI=1S/C19H25F4NO3/c1-3-4-5-6-7-8-11-27-18(26)13(2)24-17(25)15-12-14(19(21,22)23)9-10-16(15)20/h9-10,12-13H,3-8,11H2,1-2H3,(H,24,25). The summed E-state index contributed by atoms with van der Waals surface area (Å²) in [4.78, 5) is 23.9. The minimum absolute atomic E-state index is 0.198. The van der Waals surface area contributed by atoms with Gasteiger partial charge in [-0.25, -0.2) is 9.18 Å². The van der Waals surface area contributed by atoms with Crippen molar-refractivity contribution < 1.29 is 31.9 Å². The minimum Gasteiger partial charge on any atom is -0.464 e. The fraction of sp³-hybridized carbons (Fsp3) is 0.579. The molecule has 0 heterocycles. The lowest BCUT2D eigenvalue weighted by Gasteiger charge is -2.15. The first-order valence-corrected chi connectivity index (χ1v) is 9.01. The van der Waals surface area contributed by atoms with Crippen molar-refractivity contribution in [3.05, 3.63) is 35.1 Å². The zero-order valence-electron chi connectivity index (χ0n) is 15.5. The van der Waals surface area contributed by atoms with Crippen LogP contribution < -0.4 is 5.32 Å². The molecule has 0 radical (unpaired) electrons. The number of rotatable bonds is 10. The molecule has 0 aliphatic rings. The number of ether oxygens (including phenoxy) is 1. The molecule has 1 amide bonds. The number of amides is 1. The van der Waals surface area contributed by atoms with Crippen LogP contribution in [0.25, 0.3) is 0 Å². The molecule has 1 aromatic carbocycles. The smallest absolute Gasteiger partial charge is 0.416 e. The molecule has 0 spiro atoms. The van der Waals surface area contributed by atoms with Gasteiger partial charge in [0, 0.05) is 0 Å². The third kappa shape index (κ3) is 7.97. The number of halogens is 4. The molecule has 1 rings (SSSR count). The molecule has 1 atom stereocenters. The van der Waals surface area contributed by atoms with E-state index in [4.69, 9.17) is 4.74 Å². The summed E-state index contributed by atoms with van der Waals surface area (Å²) in [7, 11) is 0. The highest BCUT2D eigenvalue weighted by molar-refractivity contribution is 5.97. The highest BCUT2D eigenvalue weighted by Crippen LogP contribution is 2.30. The Hall–Kier alpha value is -2.12. The molecule has 27 heavy (non-hydrogen) atoms. The van der Waals surface area contributed by atoms with Crippen molar-refractivity contribution in [3.8, 4) is 0 Å². The maximum atomic E-state index is 13.7. The van der Waals surface area contributed by atoms with E-state index in [-0.39, 0.29) is 6.61 Å². The SMILES string of the molecule is CCCCCCCCOC(=O)C(C)NC(=O)c1cc(C(F)(F)F)ccc1F. The van der Waals surface area contributed by atoms with E-state index >= 15 is 0 Å². The Morgan fingerprint density at radius 3 is 2.37 bits per heavy atom. The monoisotopic (exact) mass is 391 g/mol. The van der Waals surface area contributed by atoms with Gasteiger partial charge in [0.1, 0.15) is 11.9 Å². The van der Waals surface area contributed by atoms with Gasteiger partial charge < -0.3 is 10.1 Å². The molecule has 0 aromatic heterocycles. The Labute approximate surface area is 156 Å². The molecular weight excluding hydrogens is 366 g/mol. The van der Waals surface area contributed by atoms with E-state index in [0.29, 0.717) is 24.6 Å². The van der Waals surface area contributed by atoms with E-state index in [0.717, 1.165) is 32.1 Å². The van der Waals surface area contributed by atoms with E-state index in [9.17, 15) is 27.2 Å². The predicted molar refractivity (Wildman–Crippen MR) is 92.7 cm³/mol. The Balaban J connectivity index is 2.50. The van der Waals surface area contributed by atoms with Gasteiger partial charge in [-0.3, -0.25) is 4.79 Å². The number of carbonyl (C=O) groups is 2. The maximum absolute atomic E-state index is 13.7. The largest absolute Gasteiger partial charge is 0.464 e. The van der Waals surface area contributed by atoms with Crippen LogP contribution in [0.3, 0.4) is 0 Å². The van der Waals surface area contributed by atoms with E-state index in [1.54, 1.807) is 0 Å². The molecule has 4 nitrogen and oxygen atoms in total. The van der Waals surface area contributed by atoms with Crippen LogP contribution in [-0.4, -0.2) is 24.5 Å². The third-order valence-corrected chi connectivity index (χ3v) is 3.98. The molecular formula is C19H25F4NO3. The predicted octanol–water partition coefficient (Wildman–Crippen LogP) is 4.87. The number of hydrogen-bond donors (Lipinski definition) is 1. The molecule has 0 fully saturated rings. The first-order valence-electron chi connectivity index (χ1n) is 9.01. The van der Waals surface area contributed by atoms with E-state index < -0.39 is 41.0 Å². The van der Waals surface area contributed by atoms with Crippen molar-refractivity contribution in [1.82, 2.24) is 5.32 Å². The van der Waals surface area contributed by atoms with Gasteiger partial charge in [0.05, 0.1) is 17.7 Å². The summed E-state index contributed by atoms with van der Waals surface area (Å²) in [6.07, 6.45) is 1.38. The van der Waals surface area contributed by atoms with E-state index in [1.165, 1.54) is 6.92 Å². The Bertz CT molecular complexity index is 632. The minimum atomic E-state index is -4.70. The molecule has 1 N–H and O–H groups in total. The second-order valence-corrected chi connectivity index (χ2v) is 6.32. The van der Waals surface area contributed by atoms with Crippen LogP contribution in [0.1, 0.15) is 68.3 Å². The first-order chi connectivity index (χ1) is 12.7. The summed E-state index contributed by atoms with van der Waals surface area (Å²) in [6.45, 7) is 3.64. The zero-order chi connectivity index (χ0) is 20.4. The molecule has 8 heteroatoms. The highest BCUT2D eigenvalue weighted by atomic mass is 19.4. The lowest BCUT2D eigenvalue weighted by atomic mass is 10.1. The van der Waals surface area contributed by atoms with Gasteiger partial charge in [-0.2, -0.15) is 13.2 Å². The van der Waals surface area contributed by atoms with Gasteiger partial charge in [-0.1, -0.05) is 39.0 Å². The van der Waals surface area contributed by atoms with Crippen molar-refractivity contribution in [1.29, 1.82) is 0 Å². The van der Waals surface area contributed by atoms with Crippen molar-refractivity contribution in [3.63, 3.8) is 0 Å². The number of esters is 1. The number of unbranched alkanes of at least 4 members (excludes halogenated alkanes) is 5. The van der Waals surface area contributed by atoms with Gasteiger partial charge in [0.15, 0.2) is 0 Å². The van der Waals surface area contributed by atoms with Crippen LogP contribution in [0, 0.1) is 5.82 Å². The molecule has 0 aliphatic heterocycles. The fourth-order valence-corrected chi connectivity index (χ4v) is 2.39. The normalized spacial score (nSPS) is 12.5. The maximum Gasteiger partial charge on any atom is 0.416 e. The van der Waals surface area contributed by atoms with E-state index in [2.05, 4.69) is 12.2 Å². The topological polar surface area (TPSA) is 55.4 Å². The molecule has 0 aliphatic carbocycles. The van der Waals surface area contributed by atoms with Gasteiger partial charge in [-0.05, 0) is 31.5 Å². The zero-order valence-corrected chi connectivity index (χ0v) is 15.5. The number of carbonyl (C=O) groups excluding carboxylic acids is 2. The molecule has 0 saturated heterocycles. The quantitative estimate of drug-likeness (QED) is 0.352. The van der Waals surface area contributed by atoms with Gasteiger partial charge in [0.2, 0.25) is 0 Å². The van der Waals surface area contributed by atoms with Crippen molar-refractivity contribution in [2.45, 2.75) is 64.6 Å². The summed E-state index contributed by atoms with van der Waals surface area (Å²) in [5.74, 6) is -2.93. The fourth-order valence-electron chi connectivity index (χ4n) is 2.39. The Morgan fingerprint density at radius 1 is 1.11 bits per heavy atom. The van der Waals surface area contributed by atoms with Gasteiger partial charge >= 0.3 is 12.1 Å². The molecule has 1 unspecified atom stereocenters. The van der Waals surface area contributed by atoms with Crippen LogP contribution in [0.2, 0.25) is 0 Å². The summed E-state index contributed by atoms with van der Waals surface area (Å²) < 4.78 is 56.8.